The summed E-state index contributed by atoms with van der Waals surface area (Å²) in [5, 5.41) is 9.36. The van der Waals surface area contributed by atoms with Crippen molar-refractivity contribution in [3.8, 4) is 5.69 Å². The van der Waals surface area contributed by atoms with Gasteiger partial charge in [0.1, 0.15) is 5.82 Å². The van der Waals surface area contributed by atoms with Gasteiger partial charge >= 0.3 is 0 Å². The molecular formula is C25H31N5OS. The van der Waals surface area contributed by atoms with Gasteiger partial charge in [-0.3, -0.25) is 9.36 Å². The van der Waals surface area contributed by atoms with Crippen LogP contribution in [-0.2, 0) is 11.3 Å². The first-order chi connectivity index (χ1) is 15.4. The van der Waals surface area contributed by atoms with Crippen LogP contribution in [-0.4, -0.2) is 51.5 Å². The predicted octanol–water partition coefficient (Wildman–Crippen LogP) is 4.54. The van der Waals surface area contributed by atoms with Gasteiger partial charge in [-0.1, -0.05) is 42.1 Å². The Balaban J connectivity index is 1.45. The number of aromatic nitrogens is 3. The number of hydrogen-bond acceptors (Lipinski definition) is 5. The van der Waals surface area contributed by atoms with Crippen LogP contribution >= 0.6 is 11.8 Å². The molecule has 0 N–H and O–H groups in total. The number of carbonyl (C=O) groups excluding carboxylic acids is 1. The molecule has 6 nitrogen and oxygen atoms in total. The Morgan fingerprint density at radius 2 is 1.78 bits per heavy atom. The van der Waals surface area contributed by atoms with Crippen LogP contribution in [0.15, 0.2) is 47.6 Å². The first kappa shape index (κ1) is 22.4. The lowest BCUT2D eigenvalue weighted by atomic mass is 10.1. The van der Waals surface area contributed by atoms with Crippen LogP contribution in [0.5, 0.6) is 0 Å². The minimum absolute atomic E-state index is 0.0828. The molecule has 0 atom stereocenters. The quantitative estimate of drug-likeness (QED) is 0.496. The Labute approximate surface area is 194 Å². The molecule has 0 radical (unpaired) electrons. The van der Waals surface area contributed by atoms with Crippen LogP contribution in [0.2, 0.25) is 0 Å². The molecule has 0 aliphatic carbocycles. The predicted molar refractivity (Wildman–Crippen MR) is 131 cm³/mol. The Morgan fingerprint density at radius 1 is 1.03 bits per heavy atom. The fourth-order valence-corrected chi connectivity index (χ4v) is 5.10. The molecule has 1 aliphatic heterocycles. The molecule has 4 rings (SSSR count). The summed E-state index contributed by atoms with van der Waals surface area (Å²) in [7, 11) is 1.88. The summed E-state index contributed by atoms with van der Waals surface area (Å²) in [5.74, 6) is 1.23. The summed E-state index contributed by atoms with van der Waals surface area (Å²) in [5.41, 5.74) is 5.85. The maximum absolute atomic E-state index is 13.0. The lowest BCUT2D eigenvalue weighted by molar-refractivity contribution is -0.127. The van der Waals surface area contributed by atoms with Gasteiger partial charge in [-0.2, -0.15) is 0 Å². The fourth-order valence-electron chi connectivity index (χ4n) is 4.17. The summed E-state index contributed by atoms with van der Waals surface area (Å²) in [6.45, 7) is 8.90. The highest BCUT2D eigenvalue weighted by molar-refractivity contribution is 7.99. The van der Waals surface area contributed by atoms with Gasteiger partial charge in [-0.05, 0) is 62.4 Å². The molecule has 1 aromatic heterocycles. The molecule has 2 heterocycles. The molecule has 32 heavy (non-hydrogen) atoms. The molecule has 1 saturated heterocycles. The topological polar surface area (TPSA) is 54.3 Å². The van der Waals surface area contributed by atoms with E-state index < -0.39 is 0 Å². The van der Waals surface area contributed by atoms with Gasteiger partial charge in [0, 0.05) is 32.4 Å². The van der Waals surface area contributed by atoms with Crippen molar-refractivity contribution in [3.05, 3.63) is 65.0 Å². The number of nitrogens with zero attached hydrogens (tertiary/aromatic N) is 5. The first-order valence-electron chi connectivity index (χ1n) is 11.1. The van der Waals surface area contributed by atoms with E-state index in [2.05, 4.69) is 71.4 Å². The maximum atomic E-state index is 13.0. The molecule has 168 valence electrons. The van der Waals surface area contributed by atoms with E-state index in [4.69, 9.17) is 0 Å². The van der Waals surface area contributed by atoms with Gasteiger partial charge in [0.25, 0.3) is 0 Å². The third-order valence-corrected chi connectivity index (χ3v) is 6.91. The molecule has 1 fully saturated rings. The lowest BCUT2D eigenvalue weighted by Gasteiger charge is -2.24. The molecule has 3 aromatic rings. The molecule has 0 spiro atoms. The highest BCUT2D eigenvalue weighted by Gasteiger charge is 2.19. The number of rotatable bonds is 7. The third kappa shape index (κ3) is 4.83. The van der Waals surface area contributed by atoms with Gasteiger partial charge in [0.2, 0.25) is 5.91 Å². The molecule has 0 bridgehead atoms. The van der Waals surface area contributed by atoms with Crippen molar-refractivity contribution in [2.45, 2.75) is 45.3 Å². The van der Waals surface area contributed by atoms with Gasteiger partial charge in [-0.25, -0.2) is 0 Å². The highest BCUT2D eigenvalue weighted by Crippen LogP contribution is 2.27. The van der Waals surface area contributed by atoms with Crippen molar-refractivity contribution in [2.24, 2.45) is 0 Å². The molecule has 7 heteroatoms. The van der Waals surface area contributed by atoms with Gasteiger partial charge in [-0.15, -0.1) is 10.2 Å². The summed E-state index contributed by atoms with van der Waals surface area (Å²) in [4.78, 5) is 17.2. The smallest absolute Gasteiger partial charge is 0.233 e. The highest BCUT2D eigenvalue weighted by atomic mass is 32.2. The number of aryl methyl sites for hydroxylation is 3. The molecule has 2 aromatic carbocycles. The normalized spacial score (nSPS) is 13.6. The number of amides is 1. The van der Waals surface area contributed by atoms with Crippen LogP contribution < -0.4 is 4.90 Å². The molecule has 0 saturated carbocycles. The Hall–Kier alpha value is -2.80. The van der Waals surface area contributed by atoms with Gasteiger partial charge in [0.15, 0.2) is 5.16 Å². The van der Waals surface area contributed by atoms with Crippen LogP contribution in [0.1, 0.15) is 35.4 Å². The zero-order valence-corrected chi connectivity index (χ0v) is 20.2. The van der Waals surface area contributed by atoms with Crippen molar-refractivity contribution in [3.63, 3.8) is 0 Å². The van der Waals surface area contributed by atoms with Crippen molar-refractivity contribution in [2.75, 3.05) is 30.8 Å². The van der Waals surface area contributed by atoms with E-state index in [1.165, 1.54) is 41.4 Å². The van der Waals surface area contributed by atoms with Crippen molar-refractivity contribution >= 4 is 23.4 Å². The second kappa shape index (κ2) is 9.77. The lowest BCUT2D eigenvalue weighted by Crippen LogP contribution is -2.29. The number of hydrogen-bond donors (Lipinski definition) is 0. The molecule has 1 amide bonds. The minimum Gasteiger partial charge on any atom is -0.371 e. The van der Waals surface area contributed by atoms with E-state index in [1.54, 1.807) is 0 Å². The van der Waals surface area contributed by atoms with Crippen LogP contribution in [0.25, 0.3) is 5.69 Å². The maximum Gasteiger partial charge on any atom is 0.233 e. The number of para-hydroxylation sites is 1. The van der Waals surface area contributed by atoms with Crippen LogP contribution in [0.3, 0.4) is 0 Å². The zero-order chi connectivity index (χ0) is 22.7. The van der Waals surface area contributed by atoms with E-state index in [0.717, 1.165) is 35.3 Å². The van der Waals surface area contributed by atoms with Crippen molar-refractivity contribution < 1.29 is 4.79 Å². The Bertz CT molecular complexity index is 1100. The van der Waals surface area contributed by atoms with Gasteiger partial charge in [0.05, 0.1) is 11.4 Å². The fraction of sp³-hybridized carbons (Fsp3) is 0.400. The average Bonchev–Trinajstić information content (AvgIpc) is 3.44. The number of carbonyl (C=O) groups is 1. The number of benzene rings is 2. The second-order valence-electron chi connectivity index (χ2n) is 8.52. The standard InChI is InChI=1S/C25H31N5OS/c1-18-11-12-19(2)23(15-18)30-20(3)26-27-25(30)32-17-24(31)28(4)16-21-9-5-6-10-22(21)29-13-7-8-14-29/h5-6,9-12,15H,7-8,13-14,16-17H2,1-4H3. The summed E-state index contributed by atoms with van der Waals surface area (Å²) >= 11 is 1.44. The summed E-state index contributed by atoms with van der Waals surface area (Å²) in [6.07, 6.45) is 2.47. The first-order valence-corrected chi connectivity index (χ1v) is 12.1. The average molecular weight is 450 g/mol. The molecular weight excluding hydrogens is 418 g/mol. The molecule has 0 unspecified atom stereocenters. The van der Waals surface area contributed by atoms with E-state index in [9.17, 15) is 4.79 Å². The number of anilines is 1. The van der Waals surface area contributed by atoms with Crippen LogP contribution in [0.4, 0.5) is 5.69 Å². The zero-order valence-electron chi connectivity index (χ0n) is 19.3. The van der Waals surface area contributed by atoms with E-state index in [-0.39, 0.29) is 5.91 Å². The van der Waals surface area contributed by atoms with Crippen molar-refractivity contribution in [1.29, 1.82) is 0 Å². The van der Waals surface area contributed by atoms with E-state index >= 15 is 0 Å². The Morgan fingerprint density at radius 3 is 2.56 bits per heavy atom. The summed E-state index contributed by atoms with van der Waals surface area (Å²) < 4.78 is 2.04. The second-order valence-corrected chi connectivity index (χ2v) is 9.46. The van der Waals surface area contributed by atoms with Gasteiger partial charge < -0.3 is 9.80 Å². The van der Waals surface area contributed by atoms with Crippen LogP contribution in [0, 0.1) is 20.8 Å². The Kier molecular flexibility index (Phi) is 6.84. The largest absolute Gasteiger partial charge is 0.371 e. The summed E-state index contributed by atoms with van der Waals surface area (Å²) in [6, 6.07) is 14.8. The third-order valence-electron chi connectivity index (χ3n) is 6.00. The molecule has 1 aliphatic rings. The van der Waals surface area contributed by atoms with E-state index in [1.807, 2.05) is 23.4 Å². The monoisotopic (exact) mass is 449 g/mol. The van der Waals surface area contributed by atoms with E-state index in [0.29, 0.717) is 12.3 Å². The van der Waals surface area contributed by atoms with Crippen molar-refractivity contribution in [1.82, 2.24) is 19.7 Å². The number of thioether (sulfide) groups is 1. The minimum atomic E-state index is 0.0828. The SMILES string of the molecule is Cc1ccc(C)c(-n2c(C)nnc2SCC(=O)N(C)Cc2ccccc2N2CCCC2)c1.